The van der Waals surface area contributed by atoms with Crippen LogP contribution in [0, 0.1) is 0 Å². The SMILES string of the molecule is CCNc1cc(NC(C)c2nccs2)nc(CC)n1. The van der Waals surface area contributed by atoms with Crippen molar-refractivity contribution in [2.45, 2.75) is 33.2 Å². The number of nitrogens with one attached hydrogen (secondary N) is 2. The molecule has 5 nitrogen and oxygen atoms in total. The molecule has 0 aliphatic rings. The Bertz CT molecular complexity index is 512. The van der Waals surface area contributed by atoms with Gasteiger partial charge in [-0.05, 0) is 13.8 Å². The average Bonchev–Trinajstić information content (AvgIpc) is 2.92. The summed E-state index contributed by atoms with van der Waals surface area (Å²) in [4.78, 5) is 13.2. The number of anilines is 2. The van der Waals surface area contributed by atoms with Crippen LogP contribution in [0.25, 0.3) is 0 Å². The maximum absolute atomic E-state index is 4.50. The molecule has 2 aromatic heterocycles. The Kier molecular flexibility index (Phi) is 4.68. The van der Waals surface area contributed by atoms with Crippen LogP contribution in [0.4, 0.5) is 11.6 Å². The fraction of sp³-hybridized carbons (Fsp3) is 0.462. The first-order valence-corrected chi connectivity index (χ1v) is 7.38. The summed E-state index contributed by atoms with van der Waals surface area (Å²) in [5.41, 5.74) is 0. The minimum absolute atomic E-state index is 0.147. The van der Waals surface area contributed by atoms with Crippen molar-refractivity contribution in [2.24, 2.45) is 0 Å². The van der Waals surface area contributed by atoms with Gasteiger partial charge in [0.05, 0.1) is 6.04 Å². The highest BCUT2D eigenvalue weighted by Crippen LogP contribution is 2.21. The maximum Gasteiger partial charge on any atom is 0.132 e. The molecule has 0 saturated heterocycles. The van der Waals surface area contributed by atoms with Gasteiger partial charge in [-0.2, -0.15) is 0 Å². The van der Waals surface area contributed by atoms with Crippen molar-refractivity contribution in [3.63, 3.8) is 0 Å². The number of aryl methyl sites for hydroxylation is 1. The highest BCUT2D eigenvalue weighted by molar-refractivity contribution is 7.09. The molecule has 0 bridgehead atoms. The number of hydrogen-bond acceptors (Lipinski definition) is 6. The van der Waals surface area contributed by atoms with Gasteiger partial charge in [0, 0.05) is 30.6 Å². The largest absolute Gasteiger partial charge is 0.370 e. The van der Waals surface area contributed by atoms with Gasteiger partial charge in [-0.3, -0.25) is 0 Å². The average molecular weight is 277 g/mol. The quantitative estimate of drug-likeness (QED) is 0.849. The molecule has 2 heterocycles. The Hall–Kier alpha value is -1.69. The van der Waals surface area contributed by atoms with E-state index in [9.17, 15) is 0 Å². The van der Waals surface area contributed by atoms with Crippen LogP contribution in [0.3, 0.4) is 0 Å². The molecule has 2 rings (SSSR count). The first kappa shape index (κ1) is 13.7. The van der Waals surface area contributed by atoms with E-state index in [4.69, 9.17) is 0 Å². The highest BCUT2D eigenvalue weighted by Gasteiger charge is 2.10. The summed E-state index contributed by atoms with van der Waals surface area (Å²) < 4.78 is 0. The maximum atomic E-state index is 4.50. The zero-order valence-corrected chi connectivity index (χ0v) is 12.3. The molecule has 0 amide bonds. The Labute approximate surface area is 117 Å². The smallest absolute Gasteiger partial charge is 0.132 e. The predicted molar refractivity (Wildman–Crippen MR) is 79.7 cm³/mol. The Morgan fingerprint density at radius 3 is 2.68 bits per heavy atom. The van der Waals surface area contributed by atoms with E-state index in [0.717, 1.165) is 35.4 Å². The molecule has 0 fully saturated rings. The second-order valence-corrected chi connectivity index (χ2v) is 5.10. The summed E-state index contributed by atoms with van der Waals surface area (Å²) in [6.45, 7) is 7.04. The molecule has 2 aromatic rings. The molecular weight excluding hydrogens is 258 g/mol. The molecule has 0 aromatic carbocycles. The lowest BCUT2D eigenvalue weighted by Crippen LogP contribution is -2.11. The zero-order chi connectivity index (χ0) is 13.7. The molecule has 0 spiro atoms. The molecule has 1 atom stereocenters. The normalized spacial score (nSPS) is 12.2. The first-order valence-electron chi connectivity index (χ1n) is 6.50. The predicted octanol–water partition coefficient (Wildman–Crippen LogP) is 3.10. The van der Waals surface area contributed by atoms with Gasteiger partial charge in [0.15, 0.2) is 0 Å². The molecule has 2 N–H and O–H groups in total. The van der Waals surface area contributed by atoms with Crippen molar-refractivity contribution < 1.29 is 0 Å². The second-order valence-electron chi connectivity index (χ2n) is 4.17. The molecule has 0 saturated carbocycles. The summed E-state index contributed by atoms with van der Waals surface area (Å²) in [5, 5.41) is 9.64. The van der Waals surface area contributed by atoms with Crippen LogP contribution in [0.15, 0.2) is 17.6 Å². The monoisotopic (exact) mass is 277 g/mol. The molecular formula is C13H19N5S. The zero-order valence-electron chi connectivity index (χ0n) is 11.5. The summed E-state index contributed by atoms with van der Waals surface area (Å²) in [7, 11) is 0. The van der Waals surface area contributed by atoms with Crippen LogP contribution in [0.1, 0.15) is 37.6 Å². The Morgan fingerprint density at radius 1 is 1.26 bits per heavy atom. The van der Waals surface area contributed by atoms with Gasteiger partial charge < -0.3 is 10.6 Å². The summed E-state index contributed by atoms with van der Waals surface area (Å²) >= 11 is 1.64. The molecule has 0 radical (unpaired) electrons. The minimum atomic E-state index is 0.147. The summed E-state index contributed by atoms with van der Waals surface area (Å²) in [6, 6.07) is 2.08. The number of rotatable bonds is 6. The van der Waals surface area contributed by atoms with Gasteiger partial charge in [-0.1, -0.05) is 6.92 Å². The van der Waals surface area contributed by atoms with Crippen molar-refractivity contribution in [2.75, 3.05) is 17.2 Å². The van der Waals surface area contributed by atoms with E-state index in [2.05, 4.69) is 46.4 Å². The van der Waals surface area contributed by atoms with Gasteiger partial charge in [-0.25, -0.2) is 15.0 Å². The van der Waals surface area contributed by atoms with Gasteiger partial charge in [0.2, 0.25) is 0 Å². The van der Waals surface area contributed by atoms with E-state index in [0.29, 0.717) is 0 Å². The van der Waals surface area contributed by atoms with Crippen molar-refractivity contribution >= 4 is 23.0 Å². The highest BCUT2D eigenvalue weighted by atomic mass is 32.1. The molecule has 6 heteroatoms. The van der Waals surface area contributed by atoms with E-state index < -0.39 is 0 Å². The van der Waals surface area contributed by atoms with Crippen molar-refractivity contribution in [3.8, 4) is 0 Å². The topological polar surface area (TPSA) is 62.7 Å². The van der Waals surface area contributed by atoms with Gasteiger partial charge >= 0.3 is 0 Å². The lowest BCUT2D eigenvalue weighted by molar-refractivity contribution is 0.846. The van der Waals surface area contributed by atoms with Crippen molar-refractivity contribution in [1.82, 2.24) is 15.0 Å². The van der Waals surface area contributed by atoms with Crippen LogP contribution < -0.4 is 10.6 Å². The van der Waals surface area contributed by atoms with Crippen LogP contribution >= 0.6 is 11.3 Å². The van der Waals surface area contributed by atoms with Crippen molar-refractivity contribution in [1.29, 1.82) is 0 Å². The lowest BCUT2D eigenvalue weighted by atomic mass is 10.3. The third-order valence-electron chi connectivity index (χ3n) is 2.63. The van der Waals surface area contributed by atoms with E-state index in [1.807, 2.05) is 17.6 Å². The third-order valence-corrected chi connectivity index (χ3v) is 3.59. The van der Waals surface area contributed by atoms with E-state index in [1.54, 1.807) is 11.3 Å². The lowest BCUT2D eigenvalue weighted by Gasteiger charge is -2.14. The fourth-order valence-electron chi connectivity index (χ4n) is 1.73. The van der Waals surface area contributed by atoms with Gasteiger partial charge in [0.1, 0.15) is 22.5 Å². The molecule has 19 heavy (non-hydrogen) atoms. The second kappa shape index (κ2) is 6.47. The molecule has 102 valence electrons. The Morgan fingerprint density at radius 2 is 2.05 bits per heavy atom. The number of aromatic nitrogens is 3. The molecule has 0 aliphatic carbocycles. The standard InChI is InChI=1S/C13H19N5S/c1-4-10-17-11(14-5-2)8-12(18-10)16-9(3)13-15-6-7-19-13/h6-9H,4-5H2,1-3H3,(H2,14,16,17,18). The van der Waals surface area contributed by atoms with E-state index in [1.165, 1.54) is 0 Å². The Balaban J connectivity index is 2.16. The fourth-order valence-corrected chi connectivity index (χ4v) is 2.38. The number of nitrogens with zero attached hydrogens (tertiary/aromatic N) is 3. The summed E-state index contributed by atoms with van der Waals surface area (Å²) in [6.07, 6.45) is 2.64. The van der Waals surface area contributed by atoms with Crippen LogP contribution in [-0.2, 0) is 6.42 Å². The van der Waals surface area contributed by atoms with Crippen LogP contribution in [-0.4, -0.2) is 21.5 Å². The minimum Gasteiger partial charge on any atom is -0.370 e. The first-order chi connectivity index (χ1) is 9.22. The molecule has 0 aliphatic heterocycles. The van der Waals surface area contributed by atoms with E-state index >= 15 is 0 Å². The van der Waals surface area contributed by atoms with Crippen LogP contribution in [0.2, 0.25) is 0 Å². The number of thiazole rings is 1. The summed E-state index contributed by atoms with van der Waals surface area (Å²) in [5.74, 6) is 2.54. The number of hydrogen-bond donors (Lipinski definition) is 2. The van der Waals surface area contributed by atoms with E-state index in [-0.39, 0.29) is 6.04 Å². The van der Waals surface area contributed by atoms with Crippen LogP contribution in [0.5, 0.6) is 0 Å². The van der Waals surface area contributed by atoms with Crippen molar-refractivity contribution in [3.05, 3.63) is 28.5 Å². The molecule has 1 unspecified atom stereocenters. The van der Waals surface area contributed by atoms with Gasteiger partial charge in [0.25, 0.3) is 0 Å². The third kappa shape index (κ3) is 3.64. The van der Waals surface area contributed by atoms with Gasteiger partial charge in [-0.15, -0.1) is 11.3 Å².